The Morgan fingerprint density at radius 1 is 0.968 bits per heavy atom. The van der Waals surface area contributed by atoms with E-state index in [4.69, 9.17) is 4.74 Å². The summed E-state index contributed by atoms with van der Waals surface area (Å²) >= 11 is 0. The lowest BCUT2D eigenvalue weighted by atomic mass is 9.97. The molecule has 3 aromatic carbocycles. The van der Waals surface area contributed by atoms with E-state index in [0.717, 1.165) is 5.56 Å². The molecule has 0 aromatic heterocycles. The topological polar surface area (TPSA) is 84.5 Å². The number of nitrogens with one attached hydrogen (secondary N) is 2. The number of rotatable bonds is 8. The van der Waals surface area contributed by atoms with Gasteiger partial charge in [0.15, 0.2) is 0 Å². The molecule has 1 unspecified atom stereocenters. The highest BCUT2D eigenvalue weighted by Crippen LogP contribution is 2.25. The molecule has 0 aliphatic rings. The second-order valence-corrected chi connectivity index (χ2v) is 9.03. The van der Waals surface area contributed by atoms with Crippen LogP contribution in [-0.4, -0.2) is 21.4 Å². The minimum Gasteiger partial charge on any atom is -0.497 e. The first-order chi connectivity index (χ1) is 14.8. The predicted molar refractivity (Wildman–Crippen MR) is 123 cm³/mol. The van der Waals surface area contributed by atoms with Gasteiger partial charge < -0.3 is 10.1 Å². The van der Waals surface area contributed by atoms with Crippen molar-refractivity contribution in [2.45, 2.75) is 31.1 Å². The van der Waals surface area contributed by atoms with E-state index in [0.29, 0.717) is 29.1 Å². The Hall–Kier alpha value is -3.32. The number of hydrogen-bond donors (Lipinski definition) is 2. The predicted octanol–water partition coefficient (Wildman–Crippen LogP) is 4.94. The number of benzene rings is 3. The Bertz CT molecular complexity index is 1140. The zero-order valence-electron chi connectivity index (χ0n) is 17.8. The average molecular weight is 439 g/mol. The van der Waals surface area contributed by atoms with Crippen molar-refractivity contribution >= 4 is 27.3 Å². The third-order valence-electron chi connectivity index (χ3n) is 4.96. The van der Waals surface area contributed by atoms with Gasteiger partial charge in [0.2, 0.25) is 5.91 Å². The van der Waals surface area contributed by atoms with Gasteiger partial charge in [-0.25, -0.2) is 8.42 Å². The van der Waals surface area contributed by atoms with Crippen molar-refractivity contribution in [1.29, 1.82) is 0 Å². The number of amides is 1. The van der Waals surface area contributed by atoms with Gasteiger partial charge in [-0.3, -0.25) is 9.52 Å². The van der Waals surface area contributed by atoms with Crippen LogP contribution in [0, 0.1) is 6.92 Å². The second kappa shape index (κ2) is 9.66. The SMILES string of the molecule is COc1ccc(NS(=O)(=O)c2cc(NC(=O)CC(C)c3ccccc3)ccc2C)cc1. The fourth-order valence-corrected chi connectivity index (χ4v) is 4.56. The molecule has 0 spiro atoms. The van der Waals surface area contributed by atoms with Gasteiger partial charge in [0.1, 0.15) is 5.75 Å². The van der Waals surface area contributed by atoms with Gasteiger partial charge in [0.25, 0.3) is 10.0 Å². The lowest BCUT2D eigenvalue weighted by Gasteiger charge is -2.14. The van der Waals surface area contributed by atoms with Crippen LogP contribution in [0.2, 0.25) is 0 Å². The molecule has 6 nitrogen and oxygen atoms in total. The standard InChI is InChI=1S/C24H26N2O4S/c1-17-9-10-21(25-24(27)15-18(2)19-7-5-4-6-8-19)16-23(17)31(28,29)26-20-11-13-22(30-3)14-12-20/h4-14,16,18,26H,15H2,1-3H3,(H,25,27). The van der Waals surface area contributed by atoms with Gasteiger partial charge in [0, 0.05) is 17.8 Å². The van der Waals surface area contributed by atoms with Crippen molar-refractivity contribution < 1.29 is 17.9 Å². The lowest BCUT2D eigenvalue weighted by Crippen LogP contribution is -2.17. The number of hydrogen-bond acceptors (Lipinski definition) is 4. The van der Waals surface area contributed by atoms with E-state index in [1.54, 1.807) is 50.4 Å². The number of carbonyl (C=O) groups excluding carboxylic acids is 1. The normalized spacial score (nSPS) is 12.1. The summed E-state index contributed by atoms with van der Waals surface area (Å²) in [4.78, 5) is 12.6. The lowest BCUT2D eigenvalue weighted by molar-refractivity contribution is -0.116. The summed E-state index contributed by atoms with van der Waals surface area (Å²) in [5, 5.41) is 2.81. The Morgan fingerprint density at radius 2 is 1.61 bits per heavy atom. The van der Waals surface area contributed by atoms with Crippen LogP contribution >= 0.6 is 0 Å². The van der Waals surface area contributed by atoms with Crippen LogP contribution in [0.25, 0.3) is 0 Å². The minimum absolute atomic E-state index is 0.0478. The van der Waals surface area contributed by atoms with E-state index in [2.05, 4.69) is 10.0 Å². The maximum Gasteiger partial charge on any atom is 0.262 e. The molecule has 0 heterocycles. The monoisotopic (exact) mass is 438 g/mol. The molecule has 0 aliphatic carbocycles. The van der Waals surface area contributed by atoms with Gasteiger partial charge in [-0.1, -0.05) is 43.3 Å². The van der Waals surface area contributed by atoms with Crippen LogP contribution in [0.4, 0.5) is 11.4 Å². The summed E-state index contributed by atoms with van der Waals surface area (Å²) in [6, 6.07) is 21.3. The molecule has 7 heteroatoms. The molecule has 0 aliphatic heterocycles. The van der Waals surface area contributed by atoms with Gasteiger partial charge in [-0.2, -0.15) is 0 Å². The van der Waals surface area contributed by atoms with Crippen LogP contribution in [-0.2, 0) is 14.8 Å². The van der Waals surface area contributed by atoms with Gasteiger partial charge in [-0.15, -0.1) is 0 Å². The van der Waals surface area contributed by atoms with Gasteiger partial charge >= 0.3 is 0 Å². The third-order valence-corrected chi connectivity index (χ3v) is 6.49. The minimum atomic E-state index is -3.83. The molecule has 1 amide bonds. The molecule has 3 rings (SSSR count). The summed E-state index contributed by atoms with van der Waals surface area (Å²) in [5.41, 5.74) is 2.52. The first-order valence-corrected chi connectivity index (χ1v) is 11.4. The van der Waals surface area contributed by atoms with Crippen molar-refractivity contribution in [3.63, 3.8) is 0 Å². The number of sulfonamides is 1. The molecule has 0 radical (unpaired) electrons. The molecule has 0 saturated heterocycles. The summed E-state index contributed by atoms with van der Waals surface area (Å²) in [5.74, 6) is 0.506. The highest BCUT2D eigenvalue weighted by Gasteiger charge is 2.19. The van der Waals surface area contributed by atoms with Crippen molar-refractivity contribution in [2.75, 3.05) is 17.1 Å². The van der Waals surface area contributed by atoms with E-state index >= 15 is 0 Å². The van der Waals surface area contributed by atoms with Crippen LogP contribution in [0.5, 0.6) is 5.75 Å². The smallest absolute Gasteiger partial charge is 0.262 e. The molecular weight excluding hydrogens is 412 g/mol. The zero-order valence-corrected chi connectivity index (χ0v) is 18.6. The van der Waals surface area contributed by atoms with Gasteiger partial charge in [0.05, 0.1) is 12.0 Å². The molecule has 2 N–H and O–H groups in total. The number of carbonyl (C=O) groups is 1. The van der Waals surface area contributed by atoms with Crippen molar-refractivity contribution in [1.82, 2.24) is 0 Å². The van der Waals surface area contributed by atoms with Crippen molar-refractivity contribution in [3.05, 3.63) is 83.9 Å². The number of ether oxygens (including phenoxy) is 1. The Kier molecular flexibility index (Phi) is 6.97. The number of aryl methyl sites for hydroxylation is 1. The van der Waals surface area contributed by atoms with Crippen molar-refractivity contribution in [3.8, 4) is 5.75 Å². The zero-order chi connectivity index (χ0) is 22.4. The first-order valence-electron chi connectivity index (χ1n) is 9.91. The molecule has 31 heavy (non-hydrogen) atoms. The maximum absolute atomic E-state index is 12.9. The Labute approximate surface area is 183 Å². The van der Waals surface area contributed by atoms with Crippen LogP contribution in [0.3, 0.4) is 0 Å². The molecule has 0 bridgehead atoms. The number of anilines is 2. The van der Waals surface area contributed by atoms with E-state index in [9.17, 15) is 13.2 Å². The molecule has 0 saturated carbocycles. The highest BCUT2D eigenvalue weighted by atomic mass is 32.2. The van der Waals surface area contributed by atoms with E-state index in [-0.39, 0.29) is 16.7 Å². The number of methoxy groups -OCH3 is 1. The molecule has 1 atom stereocenters. The maximum atomic E-state index is 12.9. The van der Waals surface area contributed by atoms with E-state index in [1.807, 2.05) is 37.3 Å². The molecule has 0 fully saturated rings. The van der Waals surface area contributed by atoms with Gasteiger partial charge in [-0.05, 0) is 60.4 Å². The fourth-order valence-electron chi connectivity index (χ4n) is 3.23. The Morgan fingerprint density at radius 3 is 2.26 bits per heavy atom. The Balaban J connectivity index is 1.73. The summed E-state index contributed by atoms with van der Waals surface area (Å²) in [6.45, 7) is 3.70. The van der Waals surface area contributed by atoms with Crippen LogP contribution in [0.15, 0.2) is 77.7 Å². The van der Waals surface area contributed by atoms with Crippen molar-refractivity contribution in [2.24, 2.45) is 0 Å². The average Bonchev–Trinajstić information content (AvgIpc) is 2.75. The molecule has 3 aromatic rings. The highest BCUT2D eigenvalue weighted by molar-refractivity contribution is 7.92. The van der Waals surface area contributed by atoms with E-state index < -0.39 is 10.0 Å². The second-order valence-electron chi connectivity index (χ2n) is 7.38. The van der Waals surface area contributed by atoms with Crippen LogP contribution in [0.1, 0.15) is 30.4 Å². The fraction of sp³-hybridized carbons (Fsp3) is 0.208. The largest absolute Gasteiger partial charge is 0.497 e. The quantitative estimate of drug-likeness (QED) is 0.522. The van der Waals surface area contributed by atoms with Crippen LogP contribution < -0.4 is 14.8 Å². The molecular formula is C24H26N2O4S. The van der Waals surface area contributed by atoms with E-state index in [1.165, 1.54) is 6.07 Å². The first kappa shape index (κ1) is 22.4. The molecule has 162 valence electrons. The summed E-state index contributed by atoms with van der Waals surface area (Å²) < 4.78 is 33.5. The summed E-state index contributed by atoms with van der Waals surface area (Å²) in [7, 11) is -2.29. The third kappa shape index (κ3) is 5.86. The summed E-state index contributed by atoms with van der Waals surface area (Å²) in [6.07, 6.45) is 0.296.